The Morgan fingerprint density at radius 1 is 1.27 bits per heavy atom. The summed E-state index contributed by atoms with van der Waals surface area (Å²) in [4.78, 5) is 15.3. The van der Waals surface area contributed by atoms with Gasteiger partial charge in [-0.15, -0.1) is 0 Å². The van der Waals surface area contributed by atoms with Crippen LogP contribution in [0.25, 0.3) is 0 Å². The number of piperidine rings is 2. The summed E-state index contributed by atoms with van der Waals surface area (Å²) in [5, 5.41) is 3.45. The molecule has 2 aliphatic heterocycles. The first-order valence-corrected chi connectivity index (χ1v) is 9.87. The number of nitrogens with one attached hydrogen (secondary N) is 1. The quantitative estimate of drug-likeness (QED) is 0.875. The van der Waals surface area contributed by atoms with E-state index in [0.29, 0.717) is 18.7 Å². The summed E-state index contributed by atoms with van der Waals surface area (Å²) in [7, 11) is 1.70. The smallest absolute Gasteiger partial charge is 0.227 e. The summed E-state index contributed by atoms with van der Waals surface area (Å²) in [5.74, 6) is 0.215. The van der Waals surface area contributed by atoms with Gasteiger partial charge in [0.05, 0.1) is 5.92 Å². The van der Waals surface area contributed by atoms with Crippen LogP contribution >= 0.6 is 0 Å². The van der Waals surface area contributed by atoms with Crippen molar-refractivity contribution in [3.8, 4) is 0 Å². The molecule has 2 unspecified atom stereocenters. The van der Waals surface area contributed by atoms with Gasteiger partial charge in [0.15, 0.2) is 0 Å². The Morgan fingerprint density at radius 2 is 2.04 bits per heavy atom. The van der Waals surface area contributed by atoms with Gasteiger partial charge >= 0.3 is 0 Å². The number of carbonyl (C=O) groups excluding carboxylic acids is 1. The number of carbonyl (C=O) groups is 1. The third kappa shape index (κ3) is 4.09. The molecule has 0 spiro atoms. The van der Waals surface area contributed by atoms with Crippen molar-refractivity contribution < 1.29 is 13.9 Å². The molecule has 144 valence electrons. The van der Waals surface area contributed by atoms with Crippen LogP contribution in [-0.4, -0.2) is 50.7 Å². The van der Waals surface area contributed by atoms with E-state index in [2.05, 4.69) is 5.32 Å². The number of ether oxygens (including phenoxy) is 1. The van der Waals surface area contributed by atoms with Crippen LogP contribution in [-0.2, 0) is 9.53 Å². The van der Waals surface area contributed by atoms with Crippen LogP contribution in [0.4, 0.5) is 4.39 Å². The monoisotopic (exact) mass is 362 g/mol. The Bertz CT molecular complexity index is 616. The van der Waals surface area contributed by atoms with Crippen LogP contribution < -0.4 is 5.32 Å². The summed E-state index contributed by atoms with van der Waals surface area (Å²) in [6.07, 6.45) is 4.24. The fraction of sp³-hybridized carbons (Fsp3) is 0.667. The summed E-state index contributed by atoms with van der Waals surface area (Å²) >= 11 is 0. The van der Waals surface area contributed by atoms with Crippen molar-refractivity contribution in [1.29, 1.82) is 0 Å². The van der Waals surface area contributed by atoms with Gasteiger partial charge in [-0.1, -0.05) is 12.1 Å². The molecule has 1 N–H and O–H groups in total. The second-order valence-electron chi connectivity index (χ2n) is 7.67. The maximum absolute atomic E-state index is 14.3. The van der Waals surface area contributed by atoms with E-state index >= 15 is 0 Å². The molecule has 2 aliphatic rings. The van der Waals surface area contributed by atoms with E-state index in [1.165, 1.54) is 12.5 Å². The zero-order valence-corrected chi connectivity index (χ0v) is 16.0. The Hall–Kier alpha value is -1.46. The lowest BCUT2D eigenvalue weighted by Gasteiger charge is -2.41. The Kier molecular flexibility index (Phi) is 6.65. The van der Waals surface area contributed by atoms with Crippen molar-refractivity contribution in [3.63, 3.8) is 0 Å². The van der Waals surface area contributed by atoms with Gasteiger partial charge in [0.2, 0.25) is 5.91 Å². The first-order chi connectivity index (χ1) is 12.6. The lowest BCUT2D eigenvalue weighted by Crippen LogP contribution is -2.51. The Balaban J connectivity index is 1.91. The molecule has 0 radical (unpaired) electrons. The molecule has 2 saturated heterocycles. The van der Waals surface area contributed by atoms with E-state index < -0.39 is 0 Å². The van der Waals surface area contributed by atoms with Gasteiger partial charge in [0.1, 0.15) is 5.82 Å². The highest BCUT2D eigenvalue weighted by Gasteiger charge is 2.40. The molecule has 26 heavy (non-hydrogen) atoms. The van der Waals surface area contributed by atoms with Gasteiger partial charge in [-0.2, -0.15) is 0 Å². The summed E-state index contributed by atoms with van der Waals surface area (Å²) < 4.78 is 19.6. The standard InChI is InChI=1S/C21H31FN2O2/c1-15-17(7-6-8-19(15)22)20-16(9-12-26-2)13-23-14-18(20)21(25)24-10-4-3-5-11-24/h6-8,16,18,20,23H,3-5,9-14H2,1-2H3/t16?,18-,20?/m1/s1. The van der Waals surface area contributed by atoms with E-state index in [-0.39, 0.29) is 29.5 Å². The molecule has 2 fully saturated rings. The second kappa shape index (κ2) is 8.96. The number of likely N-dealkylation sites (tertiary alicyclic amines) is 1. The number of benzene rings is 1. The Morgan fingerprint density at radius 3 is 2.77 bits per heavy atom. The lowest BCUT2D eigenvalue weighted by atomic mass is 9.71. The number of amides is 1. The highest BCUT2D eigenvalue weighted by Crippen LogP contribution is 2.39. The lowest BCUT2D eigenvalue weighted by molar-refractivity contribution is -0.138. The minimum absolute atomic E-state index is 0.0385. The van der Waals surface area contributed by atoms with Crippen LogP contribution in [0.5, 0.6) is 0 Å². The van der Waals surface area contributed by atoms with E-state index in [4.69, 9.17) is 4.74 Å². The highest BCUT2D eigenvalue weighted by atomic mass is 19.1. The third-order valence-electron chi connectivity index (χ3n) is 6.06. The average Bonchev–Trinajstić information content (AvgIpc) is 2.68. The predicted octanol–water partition coefficient (Wildman–Crippen LogP) is 3.10. The molecule has 1 amide bonds. The molecule has 0 aromatic heterocycles. The van der Waals surface area contributed by atoms with Crippen LogP contribution in [0.3, 0.4) is 0 Å². The van der Waals surface area contributed by atoms with Crippen molar-refractivity contribution in [2.24, 2.45) is 11.8 Å². The number of methoxy groups -OCH3 is 1. The average molecular weight is 362 g/mol. The van der Waals surface area contributed by atoms with E-state index in [1.54, 1.807) is 13.2 Å². The molecule has 4 nitrogen and oxygen atoms in total. The van der Waals surface area contributed by atoms with Crippen molar-refractivity contribution in [2.75, 3.05) is 39.9 Å². The summed E-state index contributed by atoms with van der Waals surface area (Å²) in [6.45, 7) is 5.71. The number of hydrogen-bond donors (Lipinski definition) is 1. The van der Waals surface area contributed by atoms with Crippen molar-refractivity contribution in [3.05, 3.63) is 35.1 Å². The molecule has 3 atom stereocenters. The zero-order valence-electron chi connectivity index (χ0n) is 16.0. The topological polar surface area (TPSA) is 41.6 Å². The molecule has 1 aromatic carbocycles. The number of hydrogen-bond acceptors (Lipinski definition) is 3. The maximum Gasteiger partial charge on any atom is 0.227 e. The molecule has 2 heterocycles. The first-order valence-electron chi connectivity index (χ1n) is 9.87. The normalized spacial score (nSPS) is 26.7. The van der Waals surface area contributed by atoms with Gasteiger partial charge < -0.3 is 15.0 Å². The molecule has 0 bridgehead atoms. The van der Waals surface area contributed by atoms with Crippen molar-refractivity contribution in [2.45, 2.75) is 38.5 Å². The van der Waals surface area contributed by atoms with Gasteiger partial charge in [-0.25, -0.2) is 4.39 Å². The van der Waals surface area contributed by atoms with Gasteiger partial charge in [0, 0.05) is 39.3 Å². The Labute approximate surface area is 156 Å². The van der Waals surface area contributed by atoms with Crippen LogP contribution in [0.1, 0.15) is 42.7 Å². The summed E-state index contributed by atoms with van der Waals surface area (Å²) in [6, 6.07) is 5.28. The molecule has 3 rings (SSSR count). The molecule has 0 aliphatic carbocycles. The van der Waals surface area contributed by atoms with Crippen LogP contribution in [0, 0.1) is 24.6 Å². The van der Waals surface area contributed by atoms with Gasteiger partial charge in [-0.3, -0.25) is 4.79 Å². The fourth-order valence-corrected chi connectivity index (χ4v) is 4.60. The zero-order chi connectivity index (χ0) is 18.5. The highest BCUT2D eigenvalue weighted by molar-refractivity contribution is 5.80. The molecule has 5 heteroatoms. The van der Waals surface area contributed by atoms with Gasteiger partial charge in [-0.05, 0) is 62.3 Å². The van der Waals surface area contributed by atoms with Crippen molar-refractivity contribution >= 4 is 5.91 Å². The summed E-state index contributed by atoms with van der Waals surface area (Å²) in [5.41, 5.74) is 1.67. The van der Waals surface area contributed by atoms with E-state index in [0.717, 1.165) is 44.5 Å². The van der Waals surface area contributed by atoms with E-state index in [1.807, 2.05) is 17.9 Å². The SMILES string of the molecule is COCCC1CNC[C@@H](C(=O)N2CCCCC2)C1c1cccc(F)c1C. The largest absolute Gasteiger partial charge is 0.385 e. The number of rotatable bonds is 5. The minimum Gasteiger partial charge on any atom is -0.385 e. The molecule has 0 saturated carbocycles. The molecular formula is C21H31FN2O2. The van der Waals surface area contributed by atoms with Crippen LogP contribution in [0.15, 0.2) is 18.2 Å². The predicted molar refractivity (Wildman–Crippen MR) is 101 cm³/mol. The molecule has 1 aromatic rings. The first kappa shape index (κ1) is 19.3. The molecular weight excluding hydrogens is 331 g/mol. The van der Waals surface area contributed by atoms with Crippen molar-refractivity contribution in [1.82, 2.24) is 10.2 Å². The van der Waals surface area contributed by atoms with Crippen LogP contribution in [0.2, 0.25) is 0 Å². The van der Waals surface area contributed by atoms with E-state index in [9.17, 15) is 9.18 Å². The fourth-order valence-electron chi connectivity index (χ4n) is 4.60. The number of nitrogens with zero attached hydrogens (tertiary/aromatic N) is 1. The second-order valence-corrected chi connectivity index (χ2v) is 7.67. The number of halogens is 1. The third-order valence-corrected chi connectivity index (χ3v) is 6.06. The maximum atomic E-state index is 14.3. The van der Waals surface area contributed by atoms with Gasteiger partial charge in [0.25, 0.3) is 0 Å². The minimum atomic E-state index is -0.185.